The van der Waals surface area contributed by atoms with Crippen molar-refractivity contribution in [2.75, 3.05) is 27.8 Å². The van der Waals surface area contributed by atoms with Crippen LogP contribution in [0.3, 0.4) is 0 Å². The molecular formula is C13H20FNO5S. The molecule has 120 valence electrons. The third-order valence-corrected chi connectivity index (χ3v) is 4.86. The summed E-state index contributed by atoms with van der Waals surface area (Å²) in [6.07, 6.45) is -0.386. The number of hydrogen-bond donors (Lipinski definition) is 1. The van der Waals surface area contributed by atoms with E-state index >= 15 is 0 Å². The number of nitrogens with zero attached hydrogens (tertiary/aromatic N) is 1. The lowest BCUT2D eigenvalue weighted by molar-refractivity contribution is 0.177. The summed E-state index contributed by atoms with van der Waals surface area (Å²) in [4.78, 5) is -0.492. The highest BCUT2D eigenvalue weighted by Gasteiger charge is 2.26. The maximum atomic E-state index is 14.0. The lowest BCUT2D eigenvalue weighted by atomic mass is 10.3. The predicted octanol–water partition coefficient (Wildman–Crippen LogP) is 1.23. The van der Waals surface area contributed by atoms with Gasteiger partial charge in [-0.05, 0) is 13.3 Å². The SMILES string of the molecule is COc1cc(F)c(S(=O)(=O)N(C)CCC(C)O)cc1OC. The summed E-state index contributed by atoms with van der Waals surface area (Å²) in [5.74, 6) is -0.682. The fourth-order valence-corrected chi connectivity index (χ4v) is 2.93. The summed E-state index contributed by atoms with van der Waals surface area (Å²) in [6, 6.07) is 2.05. The largest absolute Gasteiger partial charge is 0.493 e. The molecule has 0 saturated carbocycles. The van der Waals surface area contributed by atoms with Crippen LogP contribution >= 0.6 is 0 Å². The fourth-order valence-electron chi connectivity index (χ4n) is 1.69. The van der Waals surface area contributed by atoms with Gasteiger partial charge in [0.05, 0.1) is 20.3 Å². The summed E-state index contributed by atoms with van der Waals surface area (Å²) >= 11 is 0. The van der Waals surface area contributed by atoms with E-state index in [0.29, 0.717) is 0 Å². The van der Waals surface area contributed by atoms with Crippen LogP contribution in [0.1, 0.15) is 13.3 Å². The highest BCUT2D eigenvalue weighted by atomic mass is 32.2. The number of aliphatic hydroxyl groups is 1. The van der Waals surface area contributed by atoms with Gasteiger partial charge in [0.15, 0.2) is 11.5 Å². The number of rotatable bonds is 7. The van der Waals surface area contributed by atoms with E-state index in [1.54, 1.807) is 6.92 Å². The van der Waals surface area contributed by atoms with Crippen molar-refractivity contribution in [3.05, 3.63) is 17.9 Å². The van der Waals surface area contributed by atoms with Gasteiger partial charge in [0.1, 0.15) is 10.7 Å². The molecule has 1 atom stereocenters. The Morgan fingerprint density at radius 2 is 1.81 bits per heavy atom. The highest BCUT2D eigenvalue weighted by Crippen LogP contribution is 2.32. The highest BCUT2D eigenvalue weighted by molar-refractivity contribution is 7.89. The first-order valence-electron chi connectivity index (χ1n) is 6.30. The van der Waals surface area contributed by atoms with Crippen LogP contribution in [-0.4, -0.2) is 51.7 Å². The van der Waals surface area contributed by atoms with Crippen molar-refractivity contribution >= 4 is 10.0 Å². The molecule has 0 aliphatic carbocycles. The number of aliphatic hydroxyl groups excluding tert-OH is 1. The van der Waals surface area contributed by atoms with Crippen LogP contribution in [0.25, 0.3) is 0 Å². The van der Waals surface area contributed by atoms with E-state index in [0.717, 1.165) is 16.4 Å². The van der Waals surface area contributed by atoms with Crippen molar-refractivity contribution in [1.29, 1.82) is 0 Å². The molecule has 0 aromatic heterocycles. The average molecular weight is 321 g/mol. The molecule has 21 heavy (non-hydrogen) atoms. The van der Waals surface area contributed by atoms with Crippen LogP contribution in [0.2, 0.25) is 0 Å². The van der Waals surface area contributed by atoms with Gasteiger partial charge in [-0.25, -0.2) is 17.1 Å². The van der Waals surface area contributed by atoms with Gasteiger partial charge in [-0.1, -0.05) is 0 Å². The van der Waals surface area contributed by atoms with Crippen molar-refractivity contribution in [3.8, 4) is 11.5 Å². The first-order chi connectivity index (χ1) is 9.73. The normalized spacial score (nSPS) is 13.3. The van der Waals surface area contributed by atoms with Gasteiger partial charge in [0.25, 0.3) is 0 Å². The number of benzene rings is 1. The van der Waals surface area contributed by atoms with Crippen LogP contribution in [0.15, 0.2) is 17.0 Å². The van der Waals surface area contributed by atoms with Gasteiger partial charge in [0.2, 0.25) is 10.0 Å². The molecule has 0 spiro atoms. The van der Waals surface area contributed by atoms with E-state index < -0.39 is 26.8 Å². The Hall–Kier alpha value is -1.38. The molecule has 0 heterocycles. The number of hydrogen-bond acceptors (Lipinski definition) is 5. The van der Waals surface area contributed by atoms with Crippen molar-refractivity contribution in [1.82, 2.24) is 4.31 Å². The van der Waals surface area contributed by atoms with Crippen LogP contribution in [-0.2, 0) is 10.0 Å². The minimum absolute atomic E-state index is 0.0772. The molecule has 0 saturated heterocycles. The zero-order valence-corrected chi connectivity index (χ0v) is 13.3. The third kappa shape index (κ3) is 4.05. The molecule has 1 aromatic rings. The minimum Gasteiger partial charge on any atom is -0.493 e. The average Bonchev–Trinajstić information content (AvgIpc) is 2.43. The van der Waals surface area contributed by atoms with E-state index in [2.05, 4.69) is 0 Å². The number of methoxy groups -OCH3 is 2. The van der Waals surface area contributed by atoms with Crippen molar-refractivity contribution in [2.45, 2.75) is 24.3 Å². The van der Waals surface area contributed by atoms with Gasteiger partial charge in [-0.15, -0.1) is 0 Å². The smallest absolute Gasteiger partial charge is 0.245 e. The van der Waals surface area contributed by atoms with Gasteiger partial charge < -0.3 is 14.6 Å². The van der Waals surface area contributed by atoms with Crippen molar-refractivity contribution in [3.63, 3.8) is 0 Å². The topological polar surface area (TPSA) is 76.1 Å². The second-order valence-electron chi connectivity index (χ2n) is 4.60. The molecule has 1 N–H and O–H groups in total. The second-order valence-corrected chi connectivity index (χ2v) is 6.62. The summed E-state index contributed by atoms with van der Waals surface area (Å²) < 4.78 is 49.6. The monoisotopic (exact) mass is 321 g/mol. The lowest BCUT2D eigenvalue weighted by Crippen LogP contribution is -2.30. The number of halogens is 1. The third-order valence-electron chi connectivity index (χ3n) is 2.99. The van der Waals surface area contributed by atoms with Crippen molar-refractivity contribution in [2.24, 2.45) is 0 Å². The van der Waals surface area contributed by atoms with E-state index in [1.165, 1.54) is 21.3 Å². The number of ether oxygens (including phenoxy) is 2. The molecule has 0 aliphatic rings. The Kier molecular flexibility index (Phi) is 5.94. The summed E-state index contributed by atoms with van der Waals surface area (Å²) in [5.41, 5.74) is 0. The quantitative estimate of drug-likeness (QED) is 0.817. The van der Waals surface area contributed by atoms with E-state index in [1.807, 2.05) is 0 Å². The Morgan fingerprint density at radius 3 is 2.29 bits per heavy atom. The molecule has 1 aromatic carbocycles. The van der Waals surface area contributed by atoms with Crippen LogP contribution in [0, 0.1) is 5.82 Å². The zero-order valence-electron chi connectivity index (χ0n) is 12.5. The molecule has 0 radical (unpaired) electrons. The van der Waals surface area contributed by atoms with Gasteiger partial charge in [0, 0.05) is 25.7 Å². The Morgan fingerprint density at radius 1 is 1.29 bits per heavy atom. The first-order valence-corrected chi connectivity index (χ1v) is 7.74. The summed E-state index contributed by atoms with van der Waals surface area (Å²) in [5, 5.41) is 9.21. The van der Waals surface area contributed by atoms with E-state index in [-0.39, 0.29) is 24.5 Å². The van der Waals surface area contributed by atoms with Crippen LogP contribution < -0.4 is 9.47 Å². The van der Waals surface area contributed by atoms with Crippen LogP contribution in [0.5, 0.6) is 11.5 Å². The molecule has 0 amide bonds. The predicted molar refractivity (Wildman–Crippen MR) is 75.6 cm³/mol. The van der Waals surface area contributed by atoms with Crippen molar-refractivity contribution < 1.29 is 27.4 Å². The van der Waals surface area contributed by atoms with Gasteiger partial charge in [-0.2, -0.15) is 0 Å². The van der Waals surface area contributed by atoms with Crippen LogP contribution in [0.4, 0.5) is 4.39 Å². The molecular weight excluding hydrogens is 301 g/mol. The maximum Gasteiger partial charge on any atom is 0.245 e. The molecule has 0 bridgehead atoms. The molecule has 1 rings (SSSR count). The lowest BCUT2D eigenvalue weighted by Gasteiger charge is -2.19. The maximum absolute atomic E-state index is 14.0. The number of sulfonamides is 1. The standard InChI is InChI=1S/C13H20FNO5S/c1-9(16)5-6-15(2)21(17,18)13-8-12(20-4)11(19-3)7-10(13)14/h7-9,16H,5-6H2,1-4H3. The summed E-state index contributed by atoms with van der Waals surface area (Å²) in [6.45, 7) is 1.63. The Bertz CT molecular complexity index is 588. The Balaban J connectivity index is 3.19. The molecule has 8 heteroatoms. The molecule has 0 aliphatic heterocycles. The second kappa shape index (κ2) is 7.06. The van der Waals surface area contributed by atoms with Gasteiger partial charge in [-0.3, -0.25) is 0 Å². The zero-order chi connectivity index (χ0) is 16.2. The first kappa shape index (κ1) is 17.7. The molecule has 6 nitrogen and oxygen atoms in total. The van der Waals surface area contributed by atoms with E-state index in [4.69, 9.17) is 9.47 Å². The Labute approximate surface area is 124 Å². The summed E-state index contributed by atoms with van der Waals surface area (Å²) in [7, 11) is -0.0138. The molecule has 0 fully saturated rings. The fraction of sp³-hybridized carbons (Fsp3) is 0.538. The molecule has 1 unspecified atom stereocenters. The van der Waals surface area contributed by atoms with Gasteiger partial charge >= 0.3 is 0 Å². The minimum atomic E-state index is -4.01. The van der Waals surface area contributed by atoms with E-state index in [9.17, 15) is 17.9 Å².